The minimum atomic E-state index is -0.258. The van der Waals surface area contributed by atoms with E-state index in [0.717, 1.165) is 23.0 Å². The van der Waals surface area contributed by atoms with Crippen LogP contribution in [0.4, 0.5) is 0 Å². The maximum absolute atomic E-state index is 11.3. The lowest BCUT2D eigenvalue weighted by atomic mass is 9.99. The van der Waals surface area contributed by atoms with Crippen molar-refractivity contribution < 1.29 is 14.3 Å². The highest BCUT2D eigenvalue weighted by Gasteiger charge is 2.09. The van der Waals surface area contributed by atoms with E-state index >= 15 is 0 Å². The third kappa shape index (κ3) is 2.92. The highest BCUT2D eigenvalue weighted by molar-refractivity contribution is 5.79. The minimum absolute atomic E-state index is 0.223. The Kier molecular flexibility index (Phi) is 4.23. The lowest BCUT2D eigenvalue weighted by Crippen LogP contribution is -2.09. The predicted molar refractivity (Wildman–Crippen MR) is 61.6 cm³/mol. The molecule has 0 fully saturated rings. The summed E-state index contributed by atoms with van der Waals surface area (Å²) in [5.74, 6) is -0.258. The topological polar surface area (TPSA) is 43.4 Å². The van der Waals surface area contributed by atoms with Crippen molar-refractivity contribution in [3.05, 3.63) is 34.4 Å². The van der Waals surface area contributed by atoms with Gasteiger partial charge in [0.15, 0.2) is 0 Å². The smallest absolute Gasteiger partial charge is 0.310 e. The molecule has 0 unspecified atom stereocenters. The first-order valence-electron chi connectivity index (χ1n) is 5.29. The number of aryl methyl sites for hydroxylation is 2. The van der Waals surface area contributed by atoms with Gasteiger partial charge in [-0.15, -0.1) is 0 Å². The fraction of sp³-hybridized carbons (Fsp3) is 0.385. The van der Waals surface area contributed by atoms with E-state index < -0.39 is 0 Å². The molecule has 0 N–H and O–H groups in total. The van der Waals surface area contributed by atoms with E-state index in [2.05, 4.69) is 0 Å². The molecular weight excluding hydrogens is 204 g/mol. The molecule has 0 radical (unpaired) electrons. The SMILES string of the molecule is CCOC(=O)Cc1cc(C=O)c(C)cc1C. The monoisotopic (exact) mass is 220 g/mol. The van der Waals surface area contributed by atoms with E-state index in [4.69, 9.17) is 4.74 Å². The Morgan fingerprint density at radius 3 is 2.56 bits per heavy atom. The average molecular weight is 220 g/mol. The molecule has 0 aliphatic carbocycles. The normalized spacial score (nSPS) is 9.94. The average Bonchev–Trinajstić information content (AvgIpc) is 2.22. The molecule has 0 saturated carbocycles. The van der Waals surface area contributed by atoms with Gasteiger partial charge in [0.2, 0.25) is 0 Å². The van der Waals surface area contributed by atoms with Crippen molar-refractivity contribution in [2.45, 2.75) is 27.2 Å². The van der Waals surface area contributed by atoms with Crippen LogP contribution in [0.3, 0.4) is 0 Å². The Hall–Kier alpha value is -1.64. The summed E-state index contributed by atoms with van der Waals surface area (Å²) in [6.07, 6.45) is 1.03. The molecular formula is C13H16O3. The highest BCUT2D eigenvalue weighted by atomic mass is 16.5. The molecule has 16 heavy (non-hydrogen) atoms. The van der Waals surface area contributed by atoms with Gasteiger partial charge in [0, 0.05) is 5.56 Å². The maximum Gasteiger partial charge on any atom is 0.310 e. The molecule has 0 spiro atoms. The Bertz CT molecular complexity index is 408. The van der Waals surface area contributed by atoms with Crippen molar-refractivity contribution in [1.82, 2.24) is 0 Å². The van der Waals surface area contributed by atoms with Gasteiger partial charge in [-0.2, -0.15) is 0 Å². The van der Waals surface area contributed by atoms with Gasteiger partial charge in [0.1, 0.15) is 6.29 Å². The van der Waals surface area contributed by atoms with Crippen LogP contribution in [0.1, 0.15) is 34.0 Å². The first kappa shape index (κ1) is 12.4. The second-order valence-corrected chi connectivity index (χ2v) is 3.73. The lowest BCUT2D eigenvalue weighted by molar-refractivity contribution is -0.142. The lowest BCUT2D eigenvalue weighted by Gasteiger charge is -2.08. The number of hydrogen-bond acceptors (Lipinski definition) is 3. The van der Waals surface area contributed by atoms with Crippen LogP contribution in [0.15, 0.2) is 12.1 Å². The standard InChI is InChI=1S/C13H16O3/c1-4-16-13(15)7-11-6-12(8-14)10(3)5-9(11)2/h5-6,8H,4,7H2,1-3H3. The van der Waals surface area contributed by atoms with Gasteiger partial charge >= 0.3 is 5.97 Å². The summed E-state index contributed by atoms with van der Waals surface area (Å²) >= 11 is 0. The fourth-order valence-corrected chi connectivity index (χ4v) is 1.60. The molecule has 0 saturated heterocycles. The molecule has 1 rings (SSSR count). The first-order chi connectivity index (χ1) is 7.58. The summed E-state index contributed by atoms with van der Waals surface area (Å²) < 4.78 is 4.88. The van der Waals surface area contributed by atoms with Crippen molar-refractivity contribution in [3.8, 4) is 0 Å². The summed E-state index contributed by atoms with van der Waals surface area (Å²) in [6.45, 7) is 5.96. The zero-order chi connectivity index (χ0) is 12.1. The number of aldehydes is 1. The summed E-state index contributed by atoms with van der Waals surface area (Å²) in [5, 5.41) is 0. The van der Waals surface area contributed by atoms with Gasteiger partial charge in [0.05, 0.1) is 13.0 Å². The zero-order valence-corrected chi connectivity index (χ0v) is 9.87. The Morgan fingerprint density at radius 2 is 2.00 bits per heavy atom. The van der Waals surface area contributed by atoms with Crippen LogP contribution in [0.25, 0.3) is 0 Å². The van der Waals surface area contributed by atoms with Crippen LogP contribution < -0.4 is 0 Å². The molecule has 0 bridgehead atoms. The predicted octanol–water partition coefficient (Wildman–Crippen LogP) is 2.22. The number of esters is 1. The molecule has 0 aliphatic heterocycles. The van der Waals surface area contributed by atoms with E-state index in [1.165, 1.54) is 0 Å². The van der Waals surface area contributed by atoms with E-state index in [9.17, 15) is 9.59 Å². The first-order valence-corrected chi connectivity index (χ1v) is 5.29. The van der Waals surface area contributed by atoms with Gasteiger partial charge in [-0.05, 0) is 43.5 Å². The van der Waals surface area contributed by atoms with Gasteiger partial charge in [-0.25, -0.2) is 0 Å². The molecule has 0 atom stereocenters. The number of ether oxygens (including phenoxy) is 1. The van der Waals surface area contributed by atoms with Gasteiger partial charge < -0.3 is 4.74 Å². The second kappa shape index (κ2) is 5.45. The van der Waals surface area contributed by atoms with Gasteiger partial charge in [0.25, 0.3) is 0 Å². The van der Waals surface area contributed by atoms with E-state index in [1.54, 1.807) is 13.0 Å². The molecule has 3 heteroatoms. The number of hydrogen-bond donors (Lipinski definition) is 0. The number of rotatable bonds is 4. The van der Waals surface area contributed by atoms with E-state index in [1.807, 2.05) is 19.9 Å². The molecule has 0 heterocycles. The molecule has 0 aromatic heterocycles. The number of benzene rings is 1. The second-order valence-electron chi connectivity index (χ2n) is 3.73. The van der Waals surface area contributed by atoms with Gasteiger partial charge in [-0.3, -0.25) is 9.59 Å². The molecule has 0 aliphatic rings. The highest BCUT2D eigenvalue weighted by Crippen LogP contribution is 2.15. The van der Waals surface area contributed by atoms with Gasteiger partial charge in [-0.1, -0.05) is 6.07 Å². The Balaban J connectivity index is 2.95. The third-order valence-electron chi connectivity index (χ3n) is 2.49. The van der Waals surface area contributed by atoms with Crippen molar-refractivity contribution in [2.24, 2.45) is 0 Å². The summed E-state index contributed by atoms with van der Waals surface area (Å²) in [4.78, 5) is 22.1. The summed E-state index contributed by atoms with van der Waals surface area (Å²) in [7, 11) is 0. The summed E-state index contributed by atoms with van der Waals surface area (Å²) in [5.41, 5.74) is 3.42. The van der Waals surface area contributed by atoms with Crippen molar-refractivity contribution >= 4 is 12.3 Å². The number of carbonyl (C=O) groups excluding carboxylic acids is 2. The molecule has 1 aromatic rings. The number of carbonyl (C=O) groups is 2. The minimum Gasteiger partial charge on any atom is -0.466 e. The largest absolute Gasteiger partial charge is 0.466 e. The zero-order valence-electron chi connectivity index (χ0n) is 9.87. The quantitative estimate of drug-likeness (QED) is 0.577. The third-order valence-corrected chi connectivity index (χ3v) is 2.49. The Morgan fingerprint density at radius 1 is 1.31 bits per heavy atom. The summed E-state index contributed by atoms with van der Waals surface area (Å²) in [6, 6.07) is 3.67. The van der Waals surface area contributed by atoms with Crippen molar-refractivity contribution in [1.29, 1.82) is 0 Å². The van der Waals surface area contributed by atoms with E-state index in [-0.39, 0.29) is 12.4 Å². The van der Waals surface area contributed by atoms with Crippen LogP contribution >= 0.6 is 0 Å². The Labute approximate surface area is 95.4 Å². The maximum atomic E-state index is 11.3. The van der Waals surface area contributed by atoms with Crippen LogP contribution in [-0.4, -0.2) is 18.9 Å². The molecule has 1 aromatic carbocycles. The van der Waals surface area contributed by atoms with Crippen LogP contribution in [0.2, 0.25) is 0 Å². The molecule has 86 valence electrons. The molecule has 3 nitrogen and oxygen atoms in total. The van der Waals surface area contributed by atoms with Crippen LogP contribution in [-0.2, 0) is 16.0 Å². The molecule has 0 amide bonds. The van der Waals surface area contributed by atoms with Crippen molar-refractivity contribution in [3.63, 3.8) is 0 Å². The van der Waals surface area contributed by atoms with Crippen LogP contribution in [0.5, 0.6) is 0 Å². The van der Waals surface area contributed by atoms with E-state index in [0.29, 0.717) is 12.2 Å². The van der Waals surface area contributed by atoms with Crippen molar-refractivity contribution in [2.75, 3.05) is 6.61 Å². The fourth-order valence-electron chi connectivity index (χ4n) is 1.60. The van der Waals surface area contributed by atoms with Crippen LogP contribution in [0, 0.1) is 13.8 Å².